The zero-order valence-electron chi connectivity index (χ0n) is 20.8. The van der Waals surface area contributed by atoms with Gasteiger partial charge in [-0.15, -0.1) is 0 Å². The average molecular weight is 520 g/mol. The Morgan fingerprint density at radius 1 is 1.19 bits per heavy atom. The van der Waals surface area contributed by atoms with Gasteiger partial charge in [-0.1, -0.05) is 29.5 Å². The van der Waals surface area contributed by atoms with Gasteiger partial charge in [0.15, 0.2) is 22.9 Å². The van der Waals surface area contributed by atoms with Crippen LogP contribution in [0.4, 0.5) is 0 Å². The molecule has 1 aliphatic rings. The molecule has 2 heterocycles. The number of fused-ring (bicyclic) bond motifs is 1. The lowest BCUT2D eigenvalue weighted by atomic mass is 9.95. The summed E-state index contributed by atoms with van der Waals surface area (Å²) in [4.78, 5) is 31.8. The number of allylic oxidation sites excluding steroid dienone is 1. The Hall–Kier alpha value is -4.36. The first-order valence-electron chi connectivity index (χ1n) is 11.4. The predicted molar refractivity (Wildman–Crippen MR) is 137 cm³/mol. The van der Waals surface area contributed by atoms with Gasteiger partial charge in [-0.25, -0.2) is 9.79 Å². The summed E-state index contributed by atoms with van der Waals surface area (Å²) in [5.74, 6) is 0.939. The second kappa shape index (κ2) is 11.1. The molecule has 0 bridgehead atoms. The van der Waals surface area contributed by atoms with E-state index < -0.39 is 12.0 Å². The first-order chi connectivity index (χ1) is 17.9. The topological polar surface area (TPSA) is 112 Å². The molecule has 10 heteroatoms. The average Bonchev–Trinajstić information content (AvgIpc) is 3.21. The van der Waals surface area contributed by atoms with Crippen molar-refractivity contribution in [3.8, 4) is 23.3 Å². The summed E-state index contributed by atoms with van der Waals surface area (Å²) in [6.07, 6.45) is 1.73. The molecule has 3 aromatic rings. The molecule has 0 saturated heterocycles. The summed E-state index contributed by atoms with van der Waals surface area (Å²) >= 11 is 1.22. The van der Waals surface area contributed by atoms with Crippen LogP contribution in [0.2, 0.25) is 0 Å². The van der Waals surface area contributed by atoms with E-state index in [4.69, 9.17) is 24.2 Å². The minimum Gasteiger partial charge on any atom is -0.497 e. The van der Waals surface area contributed by atoms with Gasteiger partial charge >= 0.3 is 5.97 Å². The molecule has 190 valence electrons. The minimum atomic E-state index is -0.733. The Bertz CT molecular complexity index is 1600. The lowest BCUT2D eigenvalue weighted by Crippen LogP contribution is -2.39. The Morgan fingerprint density at radius 2 is 2.00 bits per heavy atom. The summed E-state index contributed by atoms with van der Waals surface area (Å²) in [5, 5.41) is 8.78. The maximum Gasteiger partial charge on any atom is 0.338 e. The number of ether oxygens (including phenoxy) is 4. The van der Waals surface area contributed by atoms with Crippen molar-refractivity contribution in [1.29, 1.82) is 5.26 Å². The van der Waals surface area contributed by atoms with Gasteiger partial charge in [-0.05, 0) is 55.3 Å². The van der Waals surface area contributed by atoms with Crippen LogP contribution in [0, 0.1) is 11.3 Å². The predicted octanol–water partition coefficient (Wildman–Crippen LogP) is 2.72. The quantitative estimate of drug-likeness (QED) is 0.421. The summed E-state index contributed by atoms with van der Waals surface area (Å²) < 4.78 is 23.4. The largest absolute Gasteiger partial charge is 0.497 e. The second-order valence-corrected chi connectivity index (χ2v) is 8.95. The Balaban J connectivity index is 1.89. The van der Waals surface area contributed by atoms with Gasteiger partial charge in [0.1, 0.15) is 11.8 Å². The number of benzene rings is 2. The van der Waals surface area contributed by atoms with Crippen LogP contribution < -0.4 is 29.1 Å². The monoisotopic (exact) mass is 519 g/mol. The number of hydrogen-bond donors (Lipinski definition) is 0. The molecule has 4 rings (SSSR count). The van der Waals surface area contributed by atoms with E-state index in [1.807, 2.05) is 18.2 Å². The molecule has 9 nitrogen and oxygen atoms in total. The van der Waals surface area contributed by atoms with Crippen LogP contribution in [0.1, 0.15) is 31.0 Å². The molecule has 37 heavy (non-hydrogen) atoms. The van der Waals surface area contributed by atoms with Crippen LogP contribution in [0.5, 0.6) is 17.2 Å². The summed E-state index contributed by atoms with van der Waals surface area (Å²) in [5.41, 5.74) is 1.89. The number of nitrogens with zero attached hydrogens (tertiary/aromatic N) is 3. The number of thiazole rings is 1. The molecule has 0 N–H and O–H groups in total. The smallest absolute Gasteiger partial charge is 0.338 e. The van der Waals surface area contributed by atoms with E-state index in [1.54, 1.807) is 57.4 Å². The van der Waals surface area contributed by atoms with Gasteiger partial charge in [0.25, 0.3) is 5.56 Å². The Labute approximate surface area is 217 Å². The van der Waals surface area contributed by atoms with Gasteiger partial charge in [0.05, 0.1) is 42.7 Å². The van der Waals surface area contributed by atoms with Crippen molar-refractivity contribution in [2.75, 3.05) is 27.4 Å². The Morgan fingerprint density at radius 3 is 2.70 bits per heavy atom. The van der Waals surface area contributed by atoms with E-state index in [1.165, 1.54) is 23.0 Å². The fourth-order valence-corrected chi connectivity index (χ4v) is 5.12. The van der Waals surface area contributed by atoms with Gasteiger partial charge in [0, 0.05) is 0 Å². The van der Waals surface area contributed by atoms with E-state index in [0.29, 0.717) is 49.0 Å². The van der Waals surface area contributed by atoms with E-state index >= 15 is 0 Å². The van der Waals surface area contributed by atoms with Crippen LogP contribution in [0.15, 0.2) is 63.5 Å². The molecule has 0 spiro atoms. The van der Waals surface area contributed by atoms with Gasteiger partial charge in [-0.3, -0.25) is 9.36 Å². The van der Waals surface area contributed by atoms with Crippen LogP contribution in [0.25, 0.3) is 6.08 Å². The number of aromatic nitrogens is 1. The molecule has 0 aliphatic carbocycles. The van der Waals surface area contributed by atoms with E-state index in [-0.39, 0.29) is 18.8 Å². The lowest BCUT2D eigenvalue weighted by molar-refractivity contribution is -0.139. The van der Waals surface area contributed by atoms with Crippen molar-refractivity contribution in [2.45, 2.75) is 19.9 Å². The van der Waals surface area contributed by atoms with Crippen molar-refractivity contribution < 1.29 is 23.7 Å². The fraction of sp³-hybridized carbons (Fsp3) is 0.259. The third-order valence-electron chi connectivity index (χ3n) is 5.70. The first-order valence-corrected chi connectivity index (χ1v) is 12.2. The zero-order valence-corrected chi connectivity index (χ0v) is 21.6. The molecule has 0 unspecified atom stereocenters. The number of nitriles is 1. The highest BCUT2D eigenvalue weighted by Gasteiger charge is 2.33. The Kier molecular flexibility index (Phi) is 7.74. The van der Waals surface area contributed by atoms with Gasteiger partial charge < -0.3 is 18.9 Å². The van der Waals surface area contributed by atoms with Crippen molar-refractivity contribution in [3.63, 3.8) is 0 Å². The van der Waals surface area contributed by atoms with Crippen LogP contribution in [-0.4, -0.2) is 38.0 Å². The number of esters is 1. The number of methoxy groups -OCH3 is 2. The van der Waals surface area contributed by atoms with Crippen molar-refractivity contribution in [1.82, 2.24) is 4.57 Å². The minimum absolute atomic E-state index is 0.110. The van der Waals surface area contributed by atoms with Crippen molar-refractivity contribution in [2.24, 2.45) is 4.99 Å². The SMILES string of the molecule is CCOC(=O)C1=C(C)N=c2s/c(=C\c3ccc(OCC#N)c(OC)c3)c(=O)n2[C@H]1c1cccc(OC)c1. The molecule has 1 atom stereocenters. The number of rotatable bonds is 8. The maximum atomic E-state index is 13.7. The summed E-state index contributed by atoms with van der Waals surface area (Å²) in [6.45, 7) is 3.55. The molecular formula is C27H25N3O6S. The van der Waals surface area contributed by atoms with Crippen LogP contribution in [0.3, 0.4) is 0 Å². The molecule has 0 fully saturated rings. The van der Waals surface area contributed by atoms with Gasteiger partial charge in [0.2, 0.25) is 0 Å². The molecule has 1 aromatic heterocycles. The molecule has 1 aliphatic heterocycles. The van der Waals surface area contributed by atoms with Crippen molar-refractivity contribution in [3.05, 3.63) is 84.5 Å². The van der Waals surface area contributed by atoms with Gasteiger partial charge in [-0.2, -0.15) is 5.26 Å². The van der Waals surface area contributed by atoms with Crippen LogP contribution >= 0.6 is 11.3 Å². The van der Waals surface area contributed by atoms with Crippen molar-refractivity contribution >= 4 is 23.4 Å². The second-order valence-electron chi connectivity index (χ2n) is 7.94. The highest BCUT2D eigenvalue weighted by atomic mass is 32.1. The first kappa shape index (κ1) is 25.7. The molecule has 2 aromatic carbocycles. The number of carbonyl (C=O) groups excluding carboxylic acids is 1. The van der Waals surface area contributed by atoms with Crippen LogP contribution in [-0.2, 0) is 9.53 Å². The fourth-order valence-electron chi connectivity index (χ4n) is 4.07. The third kappa shape index (κ3) is 5.13. The summed E-state index contributed by atoms with van der Waals surface area (Å²) in [6, 6.07) is 13.6. The highest BCUT2D eigenvalue weighted by molar-refractivity contribution is 7.07. The molecule has 0 radical (unpaired) electrons. The highest BCUT2D eigenvalue weighted by Crippen LogP contribution is 2.32. The third-order valence-corrected chi connectivity index (χ3v) is 6.69. The van der Waals surface area contributed by atoms with E-state index in [9.17, 15) is 9.59 Å². The lowest BCUT2D eigenvalue weighted by Gasteiger charge is -2.25. The number of hydrogen-bond acceptors (Lipinski definition) is 9. The van der Waals surface area contributed by atoms with E-state index in [0.717, 1.165) is 0 Å². The maximum absolute atomic E-state index is 13.7. The standard InChI is InChI=1S/C27H25N3O6S/c1-5-35-26(32)23-16(2)29-27-30(24(23)18-7-6-8-19(15-18)33-3)25(31)22(37-27)14-17-9-10-20(36-12-11-28)21(13-17)34-4/h6-10,13-15,24H,5,12H2,1-4H3/b22-14-/t24-/m0/s1. The zero-order chi connectivity index (χ0) is 26.5. The molecule has 0 amide bonds. The number of carbonyl (C=O) groups is 1. The molecular weight excluding hydrogens is 494 g/mol. The van der Waals surface area contributed by atoms with E-state index in [2.05, 4.69) is 4.99 Å². The summed E-state index contributed by atoms with van der Waals surface area (Å²) in [7, 11) is 3.06. The molecule has 0 saturated carbocycles. The normalized spacial score (nSPS) is 14.9.